The number of ether oxygens (including phenoxy) is 2. The molecule has 33 heavy (non-hydrogen) atoms. The summed E-state index contributed by atoms with van der Waals surface area (Å²) in [5, 5.41) is 0. The quantitative estimate of drug-likeness (QED) is 0.213. The fourth-order valence-electron chi connectivity index (χ4n) is 2.38. The highest BCUT2D eigenvalue weighted by molar-refractivity contribution is 14.1. The molecule has 1 aliphatic rings. The summed E-state index contributed by atoms with van der Waals surface area (Å²) < 4.78 is 49.6. The van der Waals surface area contributed by atoms with Crippen molar-refractivity contribution in [1.29, 1.82) is 0 Å². The van der Waals surface area contributed by atoms with Crippen molar-refractivity contribution in [2.75, 3.05) is 13.2 Å². The molecule has 174 valence electrons. The van der Waals surface area contributed by atoms with Gasteiger partial charge in [-0.25, -0.2) is 13.2 Å². The second-order valence-electron chi connectivity index (χ2n) is 6.33. The number of carbonyl (C=O) groups excluding carboxylic acids is 2. The average molecular weight is 700 g/mol. The molecule has 0 aliphatic carbocycles. The molecule has 3 aromatic rings. The largest absolute Gasteiger partial charge is 0.346 e. The summed E-state index contributed by atoms with van der Waals surface area (Å²) in [5.41, 5.74) is 1.81. The van der Waals surface area contributed by atoms with E-state index in [0.717, 1.165) is 5.56 Å². The first-order valence-corrected chi connectivity index (χ1v) is 11.9. The molecule has 0 spiro atoms. The highest BCUT2D eigenvalue weighted by Crippen LogP contribution is 2.26. The van der Waals surface area contributed by atoms with E-state index in [1.54, 1.807) is 12.1 Å². The van der Waals surface area contributed by atoms with Crippen molar-refractivity contribution in [3.8, 4) is 0 Å². The van der Waals surface area contributed by atoms with Crippen molar-refractivity contribution < 1.29 is 32.2 Å². The third-order valence-electron chi connectivity index (χ3n) is 4.00. The molecule has 1 saturated heterocycles. The van der Waals surface area contributed by atoms with E-state index >= 15 is 0 Å². The van der Waals surface area contributed by atoms with Crippen LogP contribution >= 0.6 is 54.5 Å². The molecular weight excluding hydrogens is 684 g/mol. The number of rotatable bonds is 3. The van der Waals surface area contributed by atoms with Crippen LogP contribution in [-0.4, -0.2) is 25.8 Å². The number of benzene rings is 3. The molecule has 0 unspecified atom stereocenters. The van der Waals surface area contributed by atoms with Crippen molar-refractivity contribution in [1.82, 2.24) is 0 Å². The Morgan fingerprint density at radius 3 is 1.73 bits per heavy atom. The molecular formula is C23H16Br2F3IO4. The summed E-state index contributed by atoms with van der Waals surface area (Å²) >= 11 is 7.90. The minimum absolute atomic E-state index is 0.276. The maximum Gasteiger partial charge on any atom is 0.184 e. The molecule has 1 heterocycles. The third-order valence-corrected chi connectivity index (χ3v) is 6.04. The molecule has 0 bridgehead atoms. The Labute approximate surface area is 218 Å². The van der Waals surface area contributed by atoms with Crippen LogP contribution < -0.4 is 0 Å². The average Bonchev–Trinajstić information content (AvgIpc) is 3.35. The van der Waals surface area contributed by atoms with E-state index < -0.39 is 0 Å². The van der Waals surface area contributed by atoms with Crippen LogP contribution in [0.1, 0.15) is 32.6 Å². The molecule has 0 amide bonds. The molecule has 0 radical (unpaired) electrons. The predicted molar refractivity (Wildman–Crippen MR) is 133 cm³/mol. The molecule has 0 aromatic heterocycles. The van der Waals surface area contributed by atoms with Gasteiger partial charge in [0.2, 0.25) is 0 Å². The summed E-state index contributed by atoms with van der Waals surface area (Å²) in [6.45, 7) is 1.19. The van der Waals surface area contributed by atoms with E-state index in [-0.39, 0.29) is 23.7 Å². The van der Waals surface area contributed by atoms with Gasteiger partial charge in [0.05, 0.1) is 22.2 Å². The molecule has 0 atom stereocenters. The zero-order valence-electron chi connectivity index (χ0n) is 16.7. The lowest BCUT2D eigenvalue weighted by molar-refractivity contribution is -0.0441. The molecule has 0 N–H and O–H groups in total. The number of aldehydes is 2. The number of hydrogen-bond acceptors (Lipinski definition) is 4. The van der Waals surface area contributed by atoms with Gasteiger partial charge in [-0.2, -0.15) is 0 Å². The monoisotopic (exact) mass is 698 g/mol. The van der Waals surface area contributed by atoms with Gasteiger partial charge >= 0.3 is 0 Å². The molecule has 1 aliphatic heterocycles. The van der Waals surface area contributed by atoms with Gasteiger partial charge in [-0.3, -0.25) is 9.59 Å². The molecule has 0 saturated carbocycles. The minimum atomic E-state index is -0.356. The third kappa shape index (κ3) is 8.93. The Hall–Kier alpha value is -1.60. The van der Waals surface area contributed by atoms with Crippen LogP contribution in [0.4, 0.5) is 13.2 Å². The van der Waals surface area contributed by atoms with Crippen LogP contribution in [0.5, 0.6) is 0 Å². The molecule has 10 heteroatoms. The lowest BCUT2D eigenvalue weighted by atomic mass is 10.2. The molecule has 3 aromatic carbocycles. The summed E-state index contributed by atoms with van der Waals surface area (Å²) in [6, 6.07) is 13.1. The first-order chi connectivity index (χ1) is 15.7. The Balaban J connectivity index is 0.000000178. The SMILES string of the molecule is Fc1ccc(C2OCCO2)cc1Br.O=Cc1ccc(F)c(Br)c1.O=Cc1ccc(F)c(I)c1. The van der Waals surface area contributed by atoms with E-state index in [4.69, 9.17) is 9.47 Å². The van der Waals surface area contributed by atoms with Gasteiger partial charge in [-0.05, 0) is 103 Å². The van der Waals surface area contributed by atoms with Crippen molar-refractivity contribution in [2.45, 2.75) is 6.29 Å². The zero-order valence-corrected chi connectivity index (χ0v) is 22.1. The lowest BCUT2D eigenvalue weighted by Gasteiger charge is -2.09. The predicted octanol–water partition coefficient (Wildman–Crippen LogP) is 7.28. The Morgan fingerprint density at radius 1 is 0.758 bits per heavy atom. The summed E-state index contributed by atoms with van der Waals surface area (Å²) in [7, 11) is 0. The molecule has 4 rings (SSSR count). The van der Waals surface area contributed by atoms with Crippen LogP contribution in [0.2, 0.25) is 0 Å². The van der Waals surface area contributed by atoms with Crippen LogP contribution in [0, 0.1) is 21.0 Å². The van der Waals surface area contributed by atoms with Crippen molar-refractivity contribution >= 4 is 67.0 Å². The lowest BCUT2D eigenvalue weighted by Crippen LogP contribution is -1.98. The second kappa shape index (κ2) is 14.0. The van der Waals surface area contributed by atoms with Crippen molar-refractivity contribution in [2.24, 2.45) is 0 Å². The Morgan fingerprint density at radius 2 is 1.24 bits per heavy atom. The standard InChI is InChI=1S/C9H8BrFO2.C7H4BrFO.C7H4FIO/c10-7-5-6(1-2-8(7)11)9-12-3-4-13-9;8-6-3-5(4-10)1-2-7(6)9;8-6-2-1-5(4-10)3-7(6)9/h1-2,5,9H,3-4H2;2*1-4H. The Kier molecular flexibility index (Phi) is 11.7. The maximum atomic E-state index is 12.9. The van der Waals surface area contributed by atoms with Crippen LogP contribution in [0.15, 0.2) is 63.5 Å². The van der Waals surface area contributed by atoms with E-state index in [2.05, 4.69) is 31.9 Å². The fraction of sp³-hybridized carbons (Fsp3) is 0.130. The highest BCUT2D eigenvalue weighted by Gasteiger charge is 2.18. The van der Waals surface area contributed by atoms with Crippen molar-refractivity contribution in [3.05, 3.63) is 101 Å². The highest BCUT2D eigenvalue weighted by atomic mass is 127. The normalized spacial score (nSPS) is 12.8. The topological polar surface area (TPSA) is 52.6 Å². The maximum absolute atomic E-state index is 12.9. The van der Waals surface area contributed by atoms with Gasteiger partial charge in [0.25, 0.3) is 0 Å². The van der Waals surface area contributed by atoms with Gasteiger partial charge in [-0.15, -0.1) is 0 Å². The van der Waals surface area contributed by atoms with Crippen LogP contribution in [0.25, 0.3) is 0 Å². The van der Waals surface area contributed by atoms with E-state index in [9.17, 15) is 22.8 Å². The number of halogens is 6. The smallest absolute Gasteiger partial charge is 0.184 e. The first kappa shape index (κ1) is 27.6. The van der Waals surface area contributed by atoms with Gasteiger partial charge in [0, 0.05) is 20.3 Å². The summed E-state index contributed by atoms with van der Waals surface area (Å²) in [6.07, 6.45) is 1.03. The van der Waals surface area contributed by atoms with Gasteiger partial charge in [0.1, 0.15) is 30.0 Å². The number of hydrogen-bond donors (Lipinski definition) is 0. The minimum Gasteiger partial charge on any atom is -0.346 e. The van der Waals surface area contributed by atoms with Gasteiger partial charge in [-0.1, -0.05) is 6.07 Å². The fourth-order valence-corrected chi connectivity index (χ4v) is 3.71. The van der Waals surface area contributed by atoms with Gasteiger partial charge in [0.15, 0.2) is 6.29 Å². The molecule has 4 nitrogen and oxygen atoms in total. The summed E-state index contributed by atoms with van der Waals surface area (Å²) in [4.78, 5) is 20.3. The van der Waals surface area contributed by atoms with E-state index in [1.807, 2.05) is 22.6 Å². The second-order valence-corrected chi connectivity index (χ2v) is 9.20. The molecule has 1 fully saturated rings. The van der Waals surface area contributed by atoms with Crippen LogP contribution in [0.3, 0.4) is 0 Å². The van der Waals surface area contributed by atoms with Crippen LogP contribution in [-0.2, 0) is 9.47 Å². The zero-order chi connectivity index (χ0) is 24.4. The van der Waals surface area contributed by atoms with E-state index in [1.165, 1.54) is 42.5 Å². The van der Waals surface area contributed by atoms with Crippen molar-refractivity contribution in [3.63, 3.8) is 0 Å². The Bertz CT molecular complexity index is 1050. The number of carbonyl (C=O) groups is 2. The summed E-state index contributed by atoms with van der Waals surface area (Å²) in [5.74, 6) is -0.918. The van der Waals surface area contributed by atoms with E-state index in [0.29, 0.717) is 49.4 Å². The van der Waals surface area contributed by atoms with Gasteiger partial charge < -0.3 is 9.47 Å². The first-order valence-electron chi connectivity index (χ1n) is 9.23.